The molecule has 2 rings (SSSR count). The van der Waals surface area contributed by atoms with Gasteiger partial charge in [-0.3, -0.25) is 4.79 Å². The molecule has 4 heteroatoms. The van der Waals surface area contributed by atoms with Crippen molar-refractivity contribution >= 4 is 17.5 Å². The van der Waals surface area contributed by atoms with Gasteiger partial charge in [0.15, 0.2) is 0 Å². The summed E-state index contributed by atoms with van der Waals surface area (Å²) in [6.45, 7) is 3.77. The molecule has 1 aromatic rings. The molecule has 98 valence electrons. The van der Waals surface area contributed by atoms with Crippen molar-refractivity contribution in [1.29, 1.82) is 0 Å². The van der Waals surface area contributed by atoms with Gasteiger partial charge in [-0.1, -0.05) is 18.5 Å². The van der Waals surface area contributed by atoms with Crippen molar-refractivity contribution in [1.82, 2.24) is 4.90 Å². The van der Waals surface area contributed by atoms with Crippen LogP contribution in [0.2, 0.25) is 5.02 Å². The van der Waals surface area contributed by atoms with Gasteiger partial charge in [-0.05, 0) is 42.5 Å². The number of carbonyl (C=O) groups is 1. The van der Waals surface area contributed by atoms with E-state index in [1.807, 2.05) is 4.90 Å². The number of amides is 1. The minimum absolute atomic E-state index is 0.0585. The average Bonchev–Trinajstić information content (AvgIpc) is 2.27. The van der Waals surface area contributed by atoms with E-state index >= 15 is 0 Å². The average molecular weight is 270 g/mol. The van der Waals surface area contributed by atoms with Gasteiger partial charge in [0, 0.05) is 18.1 Å². The smallest absolute Gasteiger partial charge is 0.227 e. The van der Waals surface area contributed by atoms with Crippen molar-refractivity contribution in [2.75, 3.05) is 13.1 Å². The van der Waals surface area contributed by atoms with E-state index in [1.54, 1.807) is 6.07 Å². The molecule has 1 fully saturated rings. The van der Waals surface area contributed by atoms with Crippen molar-refractivity contribution in [2.45, 2.75) is 26.2 Å². The number of benzene rings is 1. The minimum Gasteiger partial charge on any atom is -0.342 e. The first-order chi connectivity index (χ1) is 8.54. The Morgan fingerprint density at radius 1 is 1.50 bits per heavy atom. The van der Waals surface area contributed by atoms with Gasteiger partial charge in [-0.15, -0.1) is 0 Å². The highest BCUT2D eigenvalue weighted by molar-refractivity contribution is 6.30. The fourth-order valence-electron chi connectivity index (χ4n) is 2.42. The highest BCUT2D eigenvalue weighted by atomic mass is 35.5. The molecule has 1 unspecified atom stereocenters. The number of hydrogen-bond donors (Lipinski definition) is 0. The molecule has 1 saturated heterocycles. The highest BCUT2D eigenvalue weighted by Crippen LogP contribution is 2.18. The first-order valence-corrected chi connectivity index (χ1v) is 6.65. The van der Waals surface area contributed by atoms with E-state index < -0.39 is 5.82 Å². The predicted molar refractivity (Wildman–Crippen MR) is 70.1 cm³/mol. The number of carbonyl (C=O) groups excluding carboxylic acids is 1. The van der Waals surface area contributed by atoms with Crippen LogP contribution in [0.4, 0.5) is 4.39 Å². The van der Waals surface area contributed by atoms with E-state index in [0.717, 1.165) is 19.5 Å². The van der Waals surface area contributed by atoms with Crippen LogP contribution < -0.4 is 0 Å². The maximum absolute atomic E-state index is 13.2. The molecular weight excluding hydrogens is 253 g/mol. The summed E-state index contributed by atoms with van der Waals surface area (Å²) in [6.07, 6.45) is 2.45. The zero-order valence-corrected chi connectivity index (χ0v) is 11.2. The molecule has 0 aliphatic carbocycles. The van der Waals surface area contributed by atoms with E-state index in [9.17, 15) is 9.18 Å². The van der Waals surface area contributed by atoms with Crippen molar-refractivity contribution in [3.8, 4) is 0 Å². The van der Waals surface area contributed by atoms with E-state index in [1.165, 1.54) is 18.6 Å². The lowest BCUT2D eigenvalue weighted by atomic mass is 9.99. The van der Waals surface area contributed by atoms with Crippen LogP contribution in [0.15, 0.2) is 18.2 Å². The van der Waals surface area contributed by atoms with Crippen LogP contribution in [0.3, 0.4) is 0 Å². The lowest BCUT2D eigenvalue weighted by Gasteiger charge is -2.31. The van der Waals surface area contributed by atoms with Crippen molar-refractivity contribution in [3.63, 3.8) is 0 Å². The first kappa shape index (κ1) is 13.3. The number of rotatable bonds is 2. The Hall–Kier alpha value is -1.09. The third-order valence-electron chi connectivity index (χ3n) is 3.29. The molecule has 1 aliphatic rings. The van der Waals surface area contributed by atoms with E-state index in [4.69, 9.17) is 11.6 Å². The van der Waals surface area contributed by atoms with Crippen molar-refractivity contribution in [3.05, 3.63) is 34.6 Å². The number of likely N-dealkylation sites (tertiary alicyclic amines) is 1. The van der Waals surface area contributed by atoms with Gasteiger partial charge in [0.05, 0.1) is 6.42 Å². The maximum Gasteiger partial charge on any atom is 0.227 e. The molecule has 0 N–H and O–H groups in total. The summed E-state index contributed by atoms with van der Waals surface area (Å²) in [5, 5.41) is 0.338. The fourth-order valence-corrected chi connectivity index (χ4v) is 2.66. The number of hydrogen-bond acceptors (Lipinski definition) is 1. The van der Waals surface area contributed by atoms with Crippen molar-refractivity contribution < 1.29 is 9.18 Å². The summed E-state index contributed by atoms with van der Waals surface area (Å²) in [7, 11) is 0. The molecule has 1 aromatic carbocycles. The summed E-state index contributed by atoms with van der Waals surface area (Å²) in [4.78, 5) is 14.0. The molecule has 1 atom stereocenters. The third-order valence-corrected chi connectivity index (χ3v) is 3.51. The van der Waals surface area contributed by atoms with E-state index in [-0.39, 0.29) is 12.3 Å². The van der Waals surface area contributed by atoms with Gasteiger partial charge in [-0.2, -0.15) is 0 Å². The molecular formula is C14H17ClFNO. The van der Waals surface area contributed by atoms with Crippen LogP contribution >= 0.6 is 11.6 Å². The van der Waals surface area contributed by atoms with Gasteiger partial charge in [0.25, 0.3) is 0 Å². The topological polar surface area (TPSA) is 20.3 Å². The Labute approximate surface area is 112 Å². The standard InChI is InChI=1S/C14H17ClFNO/c1-10-3-2-4-17(9-10)14(18)7-11-5-12(15)8-13(16)6-11/h5-6,8,10H,2-4,7,9H2,1H3. The maximum atomic E-state index is 13.2. The SMILES string of the molecule is CC1CCCN(C(=O)Cc2cc(F)cc(Cl)c2)C1. The normalized spacial score (nSPS) is 19.9. The molecule has 1 heterocycles. The van der Waals surface area contributed by atoms with Crippen LogP contribution in [-0.2, 0) is 11.2 Å². The second-order valence-corrected chi connectivity index (χ2v) is 5.48. The van der Waals surface area contributed by atoms with Crippen LogP contribution in [0.25, 0.3) is 0 Å². The Bertz CT molecular complexity index is 429. The molecule has 0 spiro atoms. The predicted octanol–water partition coefficient (Wildman–Crippen LogP) is 3.28. The van der Waals surface area contributed by atoms with Crippen LogP contribution in [0.5, 0.6) is 0 Å². The second-order valence-electron chi connectivity index (χ2n) is 5.04. The molecule has 18 heavy (non-hydrogen) atoms. The first-order valence-electron chi connectivity index (χ1n) is 6.27. The lowest BCUT2D eigenvalue weighted by Crippen LogP contribution is -2.39. The molecule has 2 nitrogen and oxygen atoms in total. The highest BCUT2D eigenvalue weighted by Gasteiger charge is 2.21. The number of nitrogens with zero attached hydrogens (tertiary/aromatic N) is 1. The Kier molecular flexibility index (Phi) is 4.23. The summed E-state index contributed by atoms with van der Waals surface area (Å²) >= 11 is 5.78. The Morgan fingerprint density at radius 2 is 2.28 bits per heavy atom. The molecule has 1 aliphatic heterocycles. The largest absolute Gasteiger partial charge is 0.342 e. The molecule has 0 bridgehead atoms. The Balaban J connectivity index is 2.02. The summed E-state index contributed by atoms with van der Waals surface area (Å²) < 4.78 is 13.2. The van der Waals surface area contributed by atoms with Gasteiger partial charge in [-0.25, -0.2) is 4.39 Å². The van der Waals surface area contributed by atoms with Gasteiger partial charge in [0.1, 0.15) is 5.82 Å². The number of halogens is 2. The lowest BCUT2D eigenvalue weighted by molar-refractivity contribution is -0.132. The molecule has 1 amide bonds. The van der Waals surface area contributed by atoms with Crippen molar-refractivity contribution in [2.24, 2.45) is 5.92 Å². The zero-order valence-electron chi connectivity index (χ0n) is 10.5. The molecule has 0 radical (unpaired) electrons. The minimum atomic E-state index is -0.391. The summed E-state index contributed by atoms with van der Waals surface area (Å²) in [6, 6.07) is 4.27. The Morgan fingerprint density at radius 3 is 2.94 bits per heavy atom. The second kappa shape index (κ2) is 5.70. The van der Waals surface area contributed by atoms with Gasteiger partial charge < -0.3 is 4.90 Å². The molecule has 0 aromatic heterocycles. The van der Waals surface area contributed by atoms with Crippen LogP contribution in [0.1, 0.15) is 25.3 Å². The zero-order chi connectivity index (χ0) is 13.1. The quantitative estimate of drug-likeness (QED) is 0.807. The summed E-state index contributed by atoms with van der Waals surface area (Å²) in [5.41, 5.74) is 0.642. The summed E-state index contributed by atoms with van der Waals surface area (Å²) in [5.74, 6) is 0.222. The number of piperidine rings is 1. The third kappa shape index (κ3) is 3.45. The van der Waals surface area contributed by atoms with E-state index in [0.29, 0.717) is 16.5 Å². The van der Waals surface area contributed by atoms with Gasteiger partial charge in [0.2, 0.25) is 5.91 Å². The van der Waals surface area contributed by atoms with E-state index in [2.05, 4.69) is 6.92 Å². The van der Waals surface area contributed by atoms with Gasteiger partial charge >= 0.3 is 0 Å². The molecule has 0 saturated carbocycles. The van der Waals surface area contributed by atoms with Crippen LogP contribution in [-0.4, -0.2) is 23.9 Å². The van der Waals surface area contributed by atoms with Crippen LogP contribution in [0, 0.1) is 11.7 Å². The monoisotopic (exact) mass is 269 g/mol. The fraction of sp³-hybridized carbons (Fsp3) is 0.500.